The molecule has 0 aromatic carbocycles. The maximum absolute atomic E-state index is 10.4. The van der Waals surface area contributed by atoms with Crippen LogP contribution >= 0.6 is 0 Å². The number of urea groups is 1. The number of pyridine rings is 1. The Labute approximate surface area is 64.4 Å². The number of rotatable bonds is 1. The molecule has 0 fully saturated rings. The quantitative estimate of drug-likeness (QED) is 0.618. The van der Waals surface area contributed by atoms with Crippen LogP contribution in [0, 0.1) is 13.1 Å². The van der Waals surface area contributed by atoms with Gasteiger partial charge in [0.1, 0.15) is 0 Å². The molecular formula is C7H8N3O. The van der Waals surface area contributed by atoms with Gasteiger partial charge in [0.05, 0.1) is 18.1 Å². The largest absolute Gasteiger partial charge is 0.351 e. The van der Waals surface area contributed by atoms with Crippen LogP contribution in [0.3, 0.4) is 0 Å². The van der Waals surface area contributed by atoms with Gasteiger partial charge in [0.2, 0.25) is 0 Å². The molecule has 1 aromatic rings. The van der Waals surface area contributed by atoms with Crippen molar-refractivity contribution in [2.75, 3.05) is 5.32 Å². The third-order valence-electron chi connectivity index (χ3n) is 1.23. The summed E-state index contributed by atoms with van der Waals surface area (Å²) in [6.07, 6.45) is 4.13. The number of anilines is 1. The third-order valence-corrected chi connectivity index (χ3v) is 1.23. The minimum Gasteiger partial charge on any atom is -0.351 e. The second-order valence-corrected chi connectivity index (χ2v) is 2.12. The number of aryl methyl sites for hydroxylation is 1. The van der Waals surface area contributed by atoms with E-state index in [2.05, 4.69) is 16.5 Å². The topological polar surface area (TPSA) is 68.0 Å². The SMILES string of the molecule is Cc1c[c]ncc1NC(N)=O. The minimum atomic E-state index is -0.582. The molecule has 0 saturated heterocycles. The van der Waals surface area contributed by atoms with Crippen LogP contribution in [0.4, 0.5) is 10.5 Å². The summed E-state index contributed by atoms with van der Waals surface area (Å²) in [5.74, 6) is 0. The molecule has 11 heavy (non-hydrogen) atoms. The minimum absolute atomic E-state index is 0.582. The van der Waals surface area contributed by atoms with Crippen molar-refractivity contribution in [3.63, 3.8) is 0 Å². The maximum atomic E-state index is 10.4. The summed E-state index contributed by atoms with van der Waals surface area (Å²) in [5.41, 5.74) is 6.41. The molecule has 0 bridgehead atoms. The van der Waals surface area contributed by atoms with Gasteiger partial charge < -0.3 is 11.1 Å². The van der Waals surface area contributed by atoms with E-state index in [1.165, 1.54) is 6.20 Å². The number of nitrogens with one attached hydrogen (secondary N) is 1. The van der Waals surface area contributed by atoms with E-state index in [1.807, 2.05) is 6.92 Å². The van der Waals surface area contributed by atoms with Crippen LogP contribution in [0.1, 0.15) is 5.56 Å². The molecule has 0 aliphatic heterocycles. The normalized spacial score (nSPS) is 9.18. The van der Waals surface area contributed by atoms with Crippen molar-refractivity contribution in [3.05, 3.63) is 24.0 Å². The Morgan fingerprint density at radius 3 is 3.09 bits per heavy atom. The predicted octanol–water partition coefficient (Wildman–Crippen LogP) is 0.681. The molecular weight excluding hydrogens is 142 g/mol. The Hall–Kier alpha value is -1.58. The lowest BCUT2D eigenvalue weighted by Gasteiger charge is -2.02. The van der Waals surface area contributed by atoms with Crippen molar-refractivity contribution >= 4 is 11.7 Å². The predicted molar refractivity (Wildman–Crippen MR) is 41.0 cm³/mol. The van der Waals surface area contributed by atoms with E-state index in [0.717, 1.165) is 5.56 Å². The zero-order valence-corrected chi connectivity index (χ0v) is 6.09. The van der Waals surface area contributed by atoms with E-state index in [9.17, 15) is 4.79 Å². The van der Waals surface area contributed by atoms with Crippen molar-refractivity contribution < 1.29 is 4.79 Å². The highest BCUT2D eigenvalue weighted by atomic mass is 16.2. The molecule has 0 aliphatic carbocycles. The zero-order chi connectivity index (χ0) is 8.27. The molecule has 4 heteroatoms. The van der Waals surface area contributed by atoms with Crippen molar-refractivity contribution in [2.45, 2.75) is 6.92 Å². The van der Waals surface area contributed by atoms with E-state index in [1.54, 1.807) is 6.07 Å². The van der Waals surface area contributed by atoms with Gasteiger partial charge in [-0.1, -0.05) is 0 Å². The molecule has 57 valence electrons. The number of aromatic nitrogens is 1. The number of nitrogens with zero attached hydrogens (tertiary/aromatic N) is 1. The van der Waals surface area contributed by atoms with Crippen molar-refractivity contribution in [1.82, 2.24) is 4.98 Å². The molecule has 1 rings (SSSR count). The fourth-order valence-electron chi connectivity index (χ4n) is 0.679. The van der Waals surface area contributed by atoms with Crippen molar-refractivity contribution in [2.24, 2.45) is 5.73 Å². The lowest BCUT2D eigenvalue weighted by Crippen LogP contribution is -2.19. The Bertz CT molecular complexity index is 272. The maximum Gasteiger partial charge on any atom is 0.316 e. The third kappa shape index (κ3) is 1.93. The number of hydrogen-bond donors (Lipinski definition) is 2. The smallest absolute Gasteiger partial charge is 0.316 e. The van der Waals surface area contributed by atoms with Crippen LogP contribution in [0.2, 0.25) is 0 Å². The first kappa shape index (κ1) is 7.53. The van der Waals surface area contributed by atoms with Gasteiger partial charge in [-0.3, -0.25) is 4.98 Å². The van der Waals surface area contributed by atoms with Gasteiger partial charge in [-0.25, -0.2) is 4.79 Å². The highest BCUT2D eigenvalue weighted by Gasteiger charge is 1.98. The molecule has 1 aromatic heterocycles. The summed E-state index contributed by atoms with van der Waals surface area (Å²) in [6.45, 7) is 1.84. The van der Waals surface area contributed by atoms with E-state index in [4.69, 9.17) is 5.73 Å². The van der Waals surface area contributed by atoms with Crippen molar-refractivity contribution in [1.29, 1.82) is 0 Å². The Kier molecular flexibility index (Phi) is 2.06. The Balaban J connectivity index is 2.86. The second kappa shape index (κ2) is 3.01. The number of nitrogens with two attached hydrogens (primary N) is 1. The average Bonchev–Trinajstić information content (AvgIpc) is 1.93. The first-order chi connectivity index (χ1) is 5.20. The van der Waals surface area contributed by atoms with E-state index < -0.39 is 6.03 Å². The average molecular weight is 150 g/mol. The summed E-state index contributed by atoms with van der Waals surface area (Å²) < 4.78 is 0. The van der Waals surface area contributed by atoms with Gasteiger partial charge in [0.25, 0.3) is 0 Å². The van der Waals surface area contributed by atoms with Crippen LogP contribution in [0.25, 0.3) is 0 Å². The second-order valence-electron chi connectivity index (χ2n) is 2.12. The lowest BCUT2D eigenvalue weighted by atomic mass is 10.2. The van der Waals surface area contributed by atoms with Crippen LogP contribution in [-0.2, 0) is 0 Å². The summed E-state index contributed by atoms with van der Waals surface area (Å²) in [4.78, 5) is 14.1. The van der Waals surface area contributed by atoms with Gasteiger partial charge in [-0.05, 0) is 18.6 Å². The molecule has 1 radical (unpaired) electrons. The number of carbonyl (C=O) groups excluding carboxylic acids is 1. The molecule has 2 amide bonds. The molecule has 0 aliphatic rings. The monoisotopic (exact) mass is 150 g/mol. The summed E-state index contributed by atoms with van der Waals surface area (Å²) >= 11 is 0. The molecule has 0 unspecified atom stereocenters. The fourth-order valence-corrected chi connectivity index (χ4v) is 0.679. The number of hydrogen-bond acceptors (Lipinski definition) is 2. The van der Waals surface area contributed by atoms with E-state index >= 15 is 0 Å². The summed E-state index contributed by atoms with van der Waals surface area (Å²) in [6, 6.07) is 1.09. The van der Waals surface area contributed by atoms with Crippen LogP contribution in [0.5, 0.6) is 0 Å². The fraction of sp³-hybridized carbons (Fsp3) is 0.143. The van der Waals surface area contributed by atoms with E-state index in [0.29, 0.717) is 5.69 Å². The van der Waals surface area contributed by atoms with Gasteiger partial charge in [-0.2, -0.15) is 0 Å². The first-order valence-electron chi connectivity index (χ1n) is 3.09. The van der Waals surface area contributed by atoms with Crippen LogP contribution in [0.15, 0.2) is 12.3 Å². The first-order valence-corrected chi connectivity index (χ1v) is 3.09. The number of amides is 2. The molecule has 3 N–H and O–H groups in total. The number of carbonyl (C=O) groups is 1. The standard InChI is InChI=1S/C7H8N3O/c1-5-2-3-9-4-6(5)10-7(8)11/h2,4H,1H3,(H3,8,10,11). The zero-order valence-electron chi connectivity index (χ0n) is 6.09. The van der Waals surface area contributed by atoms with Crippen molar-refractivity contribution in [3.8, 4) is 0 Å². The Morgan fingerprint density at radius 1 is 1.82 bits per heavy atom. The van der Waals surface area contributed by atoms with Gasteiger partial charge in [-0.15, -0.1) is 0 Å². The lowest BCUT2D eigenvalue weighted by molar-refractivity contribution is 0.259. The molecule has 4 nitrogen and oxygen atoms in total. The highest BCUT2D eigenvalue weighted by Crippen LogP contribution is 2.09. The summed E-state index contributed by atoms with van der Waals surface area (Å²) in [5, 5.41) is 2.43. The Morgan fingerprint density at radius 2 is 2.55 bits per heavy atom. The van der Waals surface area contributed by atoms with E-state index in [-0.39, 0.29) is 0 Å². The number of primary amides is 1. The molecule has 0 atom stereocenters. The summed E-state index contributed by atoms with van der Waals surface area (Å²) in [7, 11) is 0. The highest BCUT2D eigenvalue weighted by molar-refractivity contribution is 5.88. The van der Waals surface area contributed by atoms with Gasteiger partial charge in [0, 0.05) is 0 Å². The van der Waals surface area contributed by atoms with Crippen LogP contribution in [-0.4, -0.2) is 11.0 Å². The van der Waals surface area contributed by atoms with Gasteiger partial charge >= 0.3 is 6.03 Å². The molecule has 0 spiro atoms. The molecule has 0 saturated carbocycles. The van der Waals surface area contributed by atoms with Crippen LogP contribution < -0.4 is 11.1 Å². The van der Waals surface area contributed by atoms with Gasteiger partial charge in [0.15, 0.2) is 0 Å². The molecule has 1 heterocycles.